The molecule has 0 aromatic heterocycles. The summed E-state index contributed by atoms with van der Waals surface area (Å²) < 4.78 is 31.4. The maximum Gasteiger partial charge on any atom is 0.339 e. The van der Waals surface area contributed by atoms with Crippen molar-refractivity contribution in [3.63, 3.8) is 0 Å². The molecule has 1 amide bonds. The number of amides is 1. The molecule has 0 saturated carbocycles. The fraction of sp³-hybridized carbons (Fsp3) is 0.300. The SMILES string of the molecule is CCN(CC)S(=O)(=O)c1ccc(NC(=O)COC(=O)c2ccccc2SC)cc1. The third-order valence-corrected chi connectivity index (χ3v) is 7.00. The first-order valence-electron chi connectivity index (χ1n) is 9.03. The van der Waals surface area contributed by atoms with Gasteiger partial charge in [0.1, 0.15) is 0 Å². The maximum absolute atomic E-state index is 12.5. The van der Waals surface area contributed by atoms with Crippen LogP contribution in [0.3, 0.4) is 0 Å². The molecule has 0 aliphatic heterocycles. The van der Waals surface area contributed by atoms with Gasteiger partial charge in [0.05, 0.1) is 10.5 Å². The molecule has 0 atom stereocenters. The predicted molar refractivity (Wildman–Crippen MR) is 114 cm³/mol. The molecule has 0 saturated heterocycles. The number of carbonyl (C=O) groups is 2. The second-order valence-electron chi connectivity index (χ2n) is 5.94. The molecule has 2 aromatic rings. The van der Waals surface area contributed by atoms with Crippen LogP contribution in [-0.4, -0.2) is 50.6 Å². The third kappa shape index (κ3) is 5.81. The number of rotatable bonds is 9. The number of sulfonamides is 1. The Bertz CT molecular complexity index is 955. The minimum absolute atomic E-state index is 0.152. The van der Waals surface area contributed by atoms with Crippen LogP contribution < -0.4 is 5.32 Å². The second-order valence-corrected chi connectivity index (χ2v) is 8.72. The molecule has 9 heteroatoms. The second kappa shape index (κ2) is 10.4. The Labute approximate surface area is 175 Å². The molecule has 1 N–H and O–H groups in total. The van der Waals surface area contributed by atoms with Crippen molar-refractivity contribution in [1.29, 1.82) is 0 Å². The normalized spacial score (nSPS) is 11.3. The molecule has 2 aromatic carbocycles. The van der Waals surface area contributed by atoms with E-state index in [4.69, 9.17) is 4.74 Å². The number of thioether (sulfide) groups is 1. The Hall–Kier alpha value is -2.36. The van der Waals surface area contributed by atoms with Gasteiger partial charge in [-0.3, -0.25) is 4.79 Å². The monoisotopic (exact) mass is 436 g/mol. The van der Waals surface area contributed by atoms with Gasteiger partial charge >= 0.3 is 5.97 Å². The largest absolute Gasteiger partial charge is 0.452 e. The fourth-order valence-electron chi connectivity index (χ4n) is 2.64. The van der Waals surface area contributed by atoms with Crippen LogP contribution in [0.25, 0.3) is 0 Å². The maximum atomic E-state index is 12.5. The number of hydrogen-bond acceptors (Lipinski definition) is 6. The lowest BCUT2D eigenvalue weighted by atomic mass is 10.2. The molecule has 7 nitrogen and oxygen atoms in total. The minimum Gasteiger partial charge on any atom is -0.452 e. The summed E-state index contributed by atoms with van der Waals surface area (Å²) in [5, 5.41) is 2.58. The van der Waals surface area contributed by atoms with E-state index >= 15 is 0 Å². The summed E-state index contributed by atoms with van der Waals surface area (Å²) in [5.41, 5.74) is 0.813. The summed E-state index contributed by atoms with van der Waals surface area (Å²) in [7, 11) is -3.56. The standard InChI is InChI=1S/C20H24N2O5S2/c1-4-22(5-2)29(25,26)16-12-10-15(11-13-16)21-19(23)14-27-20(24)17-8-6-7-9-18(17)28-3/h6-13H,4-5,14H2,1-3H3,(H,21,23). The van der Waals surface area contributed by atoms with Crippen molar-refractivity contribution in [3.05, 3.63) is 54.1 Å². The quantitative estimate of drug-likeness (QED) is 0.479. The van der Waals surface area contributed by atoms with Crippen LogP contribution in [0.4, 0.5) is 5.69 Å². The molecule has 0 aliphatic rings. The molecule has 0 heterocycles. The van der Waals surface area contributed by atoms with Crippen LogP contribution in [-0.2, 0) is 19.6 Å². The first kappa shape index (κ1) is 22.9. The molecule has 156 valence electrons. The van der Waals surface area contributed by atoms with Gasteiger partial charge in [0.15, 0.2) is 6.61 Å². The number of nitrogens with one attached hydrogen (secondary N) is 1. The van der Waals surface area contributed by atoms with Crippen LogP contribution >= 0.6 is 11.8 Å². The Kier molecular flexibility index (Phi) is 8.24. The zero-order chi connectivity index (χ0) is 21.4. The molecule has 0 fully saturated rings. The van der Waals surface area contributed by atoms with Gasteiger partial charge in [-0.1, -0.05) is 26.0 Å². The zero-order valence-corrected chi connectivity index (χ0v) is 18.2. The molecule has 29 heavy (non-hydrogen) atoms. The fourth-order valence-corrected chi connectivity index (χ4v) is 4.69. The summed E-state index contributed by atoms with van der Waals surface area (Å²) in [6, 6.07) is 12.9. The van der Waals surface area contributed by atoms with Gasteiger partial charge in [-0.15, -0.1) is 11.8 Å². The first-order valence-corrected chi connectivity index (χ1v) is 11.7. The van der Waals surface area contributed by atoms with Crippen LogP contribution in [0.2, 0.25) is 0 Å². The van der Waals surface area contributed by atoms with E-state index in [9.17, 15) is 18.0 Å². The first-order chi connectivity index (χ1) is 13.8. The predicted octanol–water partition coefficient (Wildman–Crippen LogP) is 3.23. The van der Waals surface area contributed by atoms with Gasteiger partial charge in [0, 0.05) is 23.7 Å². The van der Waals surface area contributed by atoms with E-state index in [2.05, 4.69) is 5.32 Å². The van der Waals surface area contributed by atoms with Crippen LogP contribution in [0.5, 0.6) is 0 Å². The summed E-state index contributed by atoms with van der Waals surface area (Å²) in [6.07, 6.45) is 1.85. The van der Waals surface area contributed by atoms with Crippen molar-refractivity contribution >= 4 is 39.3 Å². The van der Waals surface area contributed by atoms with Gasteiger partial charge in [-0.05, 0) is 42.7 Å². The number of hydrogen-bond donors (Lipinski definition) is 1. The van der Waals surface area contributed by atoms with Gasteiger partial charge in [-0.2, -0.15) is 4.31 Å². The Morgan fingerprint density at radius 1 is 1.03 bits per heavy atom. The summed E-state index contributed by atoms with van der Waals surface area (Å²) in [4.78, 5) is 25.2. The molecule has 0 spiro atoms. The van der Waals surface area contributed by atoms with E-state index in [1.807, 2.05) is 12.3 Å². The molecular formula is C20H24N2O5S2. The highest BCUT2D eigenvalue weighted by atomic mass is 32.2. The zero-order valence-electron chi connectivity index (χ0n) is 16.5. The Balaban J connectivity index is 1.97. The molecule has 0 aliphatic carbocycles. The van der Waals surface area contributed by atoms with Gasteiger partial charge in [0.2, 0.25) is 10.0 Å². The van der Waals surface area contributed by atoms with Crippen LogP contribution in [0.1, 0.15) is 24.2 Å². The van der Waals surface area contributed by atoms with Crippen molar-refractivity contribution in [2.75, 3.05) is 31.3 Å². The summed E-state index contributed by atoms with van der Waals surface area (Å²) >= 11 is 1.42. The number of benzene rings is 2. The van der Waals surface area contributed by atoms with Gasteiger partial charge in [0.25, 0.3) is 5.91 Å². The van der Waals surface area contributed by atoms with Gasteiger partial charge in [-0.25, -0.2) is 13.2 Å². The highest BCUT2D eigenvalue weighted by molar-refractivity contribution is 7.98. The average Bonchev–Trinajstić information content (AvgIpc) is 2.73. The number of anilines is 1. The van der Waals surface area contributed by atoms with Gasteiger partial charge < -0.3 is 10.1 Å². The lowest BCUT2D eigenvalue weighted by Gasteiger charge is -2.18. The average molecular weight is 437 g/mol. The summed E-state index contributed by atoms with van der Waals surface area (Å²) in [5.74, 6) is -1.09. The van der Waals surface area contributed by atoms with Crippen molar-refractivity contribution in [1.82, 2.24) is 4.31 Å². The van der Waals surface area contributed by atoms with Crippen molar-refractivity contribution in [2.24, 2.45) is 0 Å². The molecule has 0 radical (unpaired) electrons. The minimum atomic E-state index is -3.56. The van der Waals surface area contributed by atoms with E-state index in [1.54, 1.807) is 32.0 Å². The van der Waals surface area contributed by atoms with E-state index < -0.39 is 28.5 Å². The van der Waals surface area contributed by atoms with E-state index in [0.29, 0.717) is 24.3 Å². The van der Waals surface area contributed by atoms with Crippen molar-refractivity contribution < 1.29 is 22.7 Å². The third-order valence-electron chi connectivity index (χ3n) is 4.14. The Morgan fingerprint density at radius 3 is 2.24 bits per heavy atom. The number of nitrogens with zero attached hydrogens (tertiary/aromatic N) is 1. The molecule has 0 bridgehead atoms. The summed E-state index contributed by atoms with van der Waals surface area (Å²) in [6.45, 7) is 3.86. The number of esters is 1. The van der Waals surface area contributed by atoms with Crippen LogP contribution in [0.15, 0.2) is 58.3 Å². The van der Waals surface area contributed by atoms with Crippen molar-refractivity contribution in [2.45, 2.75) is 23.6 Å². The van der Waals surface area contributed by atoms with E-state index in [1.165, 1.54) is 40.3 Å². The smallest absolute Gasteiger partial charge is 0.339 e. The van der Waals surface area contributed by atoms with Crippen molar-refractivity contribution in [3.8, 4) is 0 Å². The molecular weight excluding hydrogens is 412 g/mol. The topological polar surface area (TPSA) is 92.8 Å². The van der Waals surface area contributed by atoms with E-state index in [0.717, 1.165) is 4.90 Å². The lowest BCUT2D eigenvalue weighted by Crippen LogP contribution is -2.30. The highest BCUT2D eigenvalue weighted by Crippen LogP contribution is 2.21. The molecule has 0 unspecified atom stereocenters. The highest BCUT2D eigenvalue weighted by Gasteiger charge is 2.21. The Morgan fingerprint density at radius 2 is 1.66 bits per heavy atom. The molecule has 2 rings (SSSR count). The number of carbonyl (C=O) groups excluding carboxylic acids is 2. The lowest BCUT2D eigenvalue weighted by molar-refractivity contribution is -0.119. The van der Waals surface area contributed by atoms with Crippen LogP contribution in [0, 0.1) is 0 Å². The van der Waals surface area contributed by atoms with E-state index in [-0.39, 0.29) is 4.90 Å². The number of ether oxygens (including phenoxy) is 1.